The molecule has 3 N–H and O–H groups in total. The number of benzene rings is 2. The topological polar surface area (TPSA) is 122 Å². The van der Waals surface area contributed by atoms with E-state index in [-0.39, 0.29) is 16.8 Å². The van der Waals surface area contributed by atoms with Crippen LogP contribution in [0.3, 0.4) is 0 Å². The van der Waals surface area contributed by atoms with E-state index in [9.17, 15) is 13.2 Å². The maximum Gasteiger partial charge on any atom is 0.272 e. The second-order valence-corrected chi connectivity index (χ2v) is 8.33. The molecule has 0 aliphatic heterocycles. The number of fused-ring (bicyclic) bond motifs is 1. The standard InChI is InChI=1S/C18H15ClN6O3S/c1-25-15-7-2-12(19)8-11(15)9-16(25)17(26)22-13-3-5-14(6-4-13)29(27,28)24-18-20-10-21-23-18/h2-10H,1H3,(H,22,26)(H2,20,21,23,24). The molecule has 0 aliphatic rings. The number of H-pyrrole nitrogens is 1. The van der Waals surface area contributed by atoms with Gasteiger partial charge in [-0.3, -0.25) is 4.79 Å². The summed E-state index contributed by atoms with van der Waals surface area (Å²) in [6.07, 6.45) is 1.19. The highest BCUT2D eigenvalue weighted by Gasteiger charge is 2.17. The highest BCUT2D eigenvalue weighted by Crippen LogP contribution is 2.23. The Bertz CT molecular complexity index is 1300. The third-order valence-electron chi connectivity index (χ3n) is 4.31. The van der Waals surface area contributed by atoms with Crippen molar-refractivity contribution in [1.29, 1.82) is 0 Å². The minimum atomic E-state index is -3.82. The van der Waals surface area contributed by atoms with E-state index in [4.69, 9.17) is 11.6 Å². The third-order valence-corrected chi connectivity index (χ3v) is 5.90. The van der Waals surface area contributed by atoms with E-state index in [0.29, 0.717) is 16.4 Å². The van der Waals surface area contributed by atoms with E-state index in [1.54, 1.807) is 29.8 Å². The van der Waals surface area contributed by atoms with Crippen LogP contribution < -0.4 is 10.0 Å². The number of carbonyl (C=O) groups is 1. The molecule has 4 rings (SSSR count). The van der Waals surface area contributed by atoms with Crippen LogP contribution in [0, 0.1) is 0 Å². The van der Waals surface area contributed by atoms with Crippen molar-refractivity contribution in [3.8, 4) is 0 Å². The summed E-state index contributed by atoms with van der Waals surface area (Å²) in [7, 11) is -2.03. The van der Waals surface area contributed by atoms with Crippen molar-refractivity contribution in [1.82, 2.24) is 19.7 Å². The lowest BCUT2D eigenvalue weighted by Crippen LogP contribution is -2.16. The van der Waals surface area contributed by atoms with Crippen LogP contribution in [0.15, 0.2) is 59.8 Å². The van der Waals surface area contributed by atoms with Gasteiger partial charge in [0.15, 0.2) is 0 Å². The molecule has 0 unspecified atom stereocenters. The van der Waals surface area contributed by atoms with Crippen molar-refractivity contribution in [3.05, 3.63) is 65.6 Å². The predicted molar refractivity (Wildman–Crippen MR) is 110 cm³/mol. The largest absolute Gasteiger partial charge is 0.340 e. The van der Waals surface area contributed by atoms with Crippen LogP contribution >= 0.6 is 11.6 Å². The molecule has 0 saturated heterocycles. The Hall–Kier alpha value is -3.37. The molecule has 11 heteroatoms. The Morgan fingerprint density at radius 2 is 1.90 bits per heavy atom. The number of hydrogen-bond donors (Lipinski definition) is 3. The van der Waals surface area contributed by atoms with Crippen LogP contribution in [-0.4, -0.2) is 34.1 Å². The van der Waals surface area contributed by atoms with Crippen LogP contribution in [0.4, 0.5) is 11.6 Å². The van der Waals surface area contributed by atoms with Crippen LogP contribution in [0.25, 0.3) is 10.9 Å². The summed E-state index contributed by atoms with van der Waals surface area (Å²) in [5, 5.41) is 10.2. The molecule has 0 radical (unpaired) electrons. The fourth-order valence-corrected chi connectivity index (χ4v) is 4.04. The molecule has 0 aliphatic carbocycles. The average molecular weight is 431 g/mol. The van der Waals surface area contributed by atoms with Gasteiger partial charge in [-0.1, -0.05) is 11.6 Å². The molecule has 29 heavy (non-hydrogen) atoms. The Morgan fingerprint density at radius 3 is 2.59 bits per heavy atom. The van der Waals surface area contributed by atoms with Gasteiger partial charge in [0, 0.05) is 28.7 Å². The van der Waals surface area contributed by atoms with Crippen molar-refractivity contribution < 1.29 is 13.2 Å². The first-order valence-corrected chi connectivity index (χ1v) is 10.2. The number of anilines is 2. The molecule has 0 saturated carbocycles. The zero-order valence-electron chi connectivity index (χ0n) is 15.0. The summed E-state index contributed by atoms with van der Waals surface area (Å²) in [4.78, 5) is 16.4. The van der Waals surface area contributed by atoms with E-state index in [1.807, 2.05) is 6.07 Å². The zero-order chi connectivity index (χ0) is 20.6. The lowest BCUT2D eigenvalue weighted by molar-refractivity contribution is 0.101. The Morgan fingerprint density at radius 1 is 1.14 bits per heavy atom. The van der Waals surface area contributed by atoms with Crippen molar-refractivity contribution in [3.63, 3.8) is 0 Å². The molecule has 1 amide bonds. The predicted octanol–water partition coefficient (Wildman–Crippen LogP) is 3.00. The monoisotopic (exact) mass is 430 g/mol. The van der Waals surface area contributed by atoms with Crippen LogP contribution in [-0.2, 0) is 17.1 Å². The van der Waals surface area contributed by atoms with Gasteiger partial charge in [-0.05, 0) is 48.5 Å². The Balaban J connectivity index is 1.53. The van der Waals surface area contributed by atoms with Crippen LogP contribution in [0.5, 0.6) is 0 Å². The number of halogens is 1. The number of aromatic amines is 1. The second kappa shape index (κ2) is 7.22. The van der Waals surface area contributed by atoms with Gasteiger partial charge >= 0.3 is 0 Å². The molecule has 0 bridgehead atoms. The van der Waals surface area contributed by atoms with E-state index < -0.39 is 10.0 Å². The lowest BCUT2D eigenvalue weighted by atomic mass is 10.2. The smallest absolute Gasteiger partial charge is 0.272 e. The van der Waals surface area contributed by atoms with Gasteiger partial charge in [0.2, 0.25) is 5.95 Å². The fraction of sp³-hybridized carbons (Fsp3) is 0.0556. The van der Waals surface area contributed by atoms with Crippen molar-refractivity contribution >= 4 is 50.1 Å². The van der Waals surface area contributed by atoms with Gasteiger partial charge in [0.1, 0.15) is 12.0 Å². The number of aromatic nitrogens is 4. The van der Waals surface area contributed by atoms with Gasteiger partial charge in [-0.15, -0.1) is 0 Å². The minimum absolute atomic E-state index is 0.0123. The molecular formula is C18H15ClN6O3S. The molecule has 2 heterocycles. The van der Waals surface area contributed by atoms with Crippen molar-refractivity contribution in [2.75, 3.05) is 10.0 Å². The molecular weight excluding hydrogens is 416 g/mol. The van der Waals surface area contributed by atoms with Crippen molar-refractivity contribution in [2.24, 2.45) is 7.05 Å². The summed E-state index contributed by atoms with van der Waals surface area (Å²) in [5.41, 5.74) is 1.78. The number of hydrogen-bond acceptors (Lipinski definition) is 5. The van der Waals surface area contributed by atoms with E-state index in [1.165, 1.54) is 30.6 Å². The van der Waals surface area contributed by atoms with Gasteiger partial charge < -0.3 is 9.88 Å². The van der Waals surface area contributed by atoms with E-state index >= 15 is 0 Å². The van der Waals surface area contributed by atoms with Gasteiger partial charge in [0.05, 0.1) is 4.90 Å². The van der Waals surface area contributed by atoms with E-state index in [2.05, 4.69) is 25.2 Å². The number of nitrogens with zero attached hydrogens (tertiary/aromatic N) is 3. The Labute approximate surface area is 170 Å². The zero-order valence-corrected chi connectivity index (χ0v) is 16.6. The maximum atomic E-state index is 12.7. The molecule has 4 aromatic rings. The highest BCUT2D eigenvalue weighted by atomic mass is 35.5. The summed E-state index contributed by atoms with van der Waals surface area (Å²) >= 11 is 6.01. The van der Waals surface area contributed by atoms with Gasteiger partial charge in [-0.2, -0.15) is 10.1 Å². The number of sulfonamides is 1. The quantitative estimate of drug-likeness (QED) is 0.449. The number of nitrogens with one attached hydrogen (secondary N) is 3. The number of aryl methyl sites for hydroxylation is 1. The maximum absolute atomic E-state index is 12.7. The summed E-state index contributed by atoms with van der Waals surface area (Å²) < 4.78 is 28.7. The molecule has 2 aromatic heterocycles. The summed E-state index contributed by atoms with van der Waals surface area (Å²) in [5.74, 6) is -0.312. The van der Waals surface area contributed by atoms with Crippen LogP contribution in [0.1, 0.15) is 10.5 Å². The van der Waals surface area contributed by atoms with Gasteiger partial charge in [-0.25, -0.2) is 18.2 Å². The Kier molecular flexibility index (Phi) is 4.73. The molecule has 0 spiro atoms. The molecule has 148 valence electrons. The molecule has 0 fully saturated rings. The number of rotatable bonds is 5. The van der Waals surface area contributed by atoms with Crippen LogP contribution in [0.2, 0.25) is 5.02 Å². The SMILES string of the molecule is Cn1c(C(=O)Nc2ccc(S(=O)(=O)Nc3ncn[nH]3)cc2)cc2cc(Cl)ccc21. The number of amides is 1. The molecule has 0 atom stereocenters. The first-order chi connectivity index (χ1) is 13.8. The number of carbonyl (C=O) groups excluding carboxylic acids is 1. The normalized spacial score (nSPS) is 11.5. The third kappa shape index (κ3) is 3.80. The summed E-state index contributed by atoms with van der Waals surface area (Å²) in [6, 6.07) is 12.9. The molecule has 9 nitrogen and oxygen atoms in total. The first kappa shape index (κ1) is 19.0. The lowest BCUT2D eigenvalue weighted by Gasteiger charge is -2.08. The van der Waals surface area contributed by atoms with Gasteiger partial charge in [0.25, 0.3) is 15.9 Å². The highest BCUT2D eigenvalue weighted by molar-refractivity contribution is 7.92. The van der Waals surface area contributed by atoms with E-state index in [0.717, 1.165) is 10.9 Å². The minimum Gasteiger partial charge on any atom is -0.340 e. The van der Waals surface area contributed by atoms with Crippen molar-refractivity contribution in [2.45, 2.75) is 4.90 Å². The fourth-order valence-electron chi connectivity index (χ4n) is 2.89. The molecule has 2 aromatic carbocycles. The average Bonchev–Trinajstić information content (AvgIpc) is 3.29. The second-order valence-electron chi connectivity index (χ2n) is 6.21. The summed E-state index contributed by atoms with van der Waals surface area (Å²) in [6.45, 7) is 0. The first-order valence-electron chi connectivity index (χ1n) is 8.38.